The van der Waals surface area contributed by atoms with Crippen molar-refractivity contribution in [3.05, 3.63) is 34.6 Å². The van der Waals surface area contributed by atoms with E-state index in [0.717, 1.165) is 4.68 Å². The fraction of sp³-hybridized carbons (Fsp3) is 0.400. The fourth-order valence-electron chi connectivity index (χ4n) is 2.25. The van der Waals surface area contributed by atoms with Crippen molar-refractivity contribution >= 4 is 22.8 Å². The number of carboxylic acids is 1. The number of nitrogens with zero attached hydrogens (tertiary/aromatic N) is 3. The number of aliphatic carboxylic acids is 1. The van der Waals surface area contributed by atoms with Crippen LogP contribution in [-0.4, -0.2) is 33.4 Å². The Bertz CT molecular complexity index is 771. The number of carboxylic acid groups (broad SMARTS) is 1. The lowest BCUT2D eigenvalue weighted by molar-refractivity contribution is -0.305. The van der Waals surface area contributed by atoms with Gasteiger partial charge in [-0.1, -0.05) is 30.7 Å². The number of aromatic nitrogens is 3. The zero-order chi connectivity index (χ0) is 16.8. The minimum absolute atomic E-state index is 0.0584. The van der Waals surface area contributed by atoms with Crippen molar-refractivity contribution < 1.29 is 14.7 Å². The van der Waals surface area contributed by atoms with E-state index in [0.29, 0.717) is 23.7 Å². The molecule has 1 aromatic carbocycles. The molecule has 1 N–H and O–H groups in total. The summed E-state index contributed by atoms with van der Waals surface area (Å²) in [6.45, 7) is 1.82. The third-order valence-corrected chi connectivity index (χ3v) is 3.38. The second kappa shape index (κ2) is 7.48. The first-order chi connectivity index (χ1) is 11.0. The fourth-order valence-corrected chi connectivity index (χ4v) is 2.25. The van der Waals surface area contributed by atoms with E-state index in [1.165, 1.54) is 0 Å². The highest BCUT2D eigenvalue weighted by molar-refractivity contribution is 5.81. The molecule has 0 saturated carbocycles. The van der Waals surface area contributed by atoms with Gasteiger partial charge in [-0.15, -0.1) is 5.10 Å². The van der Waals surface area contributed by atoms with Crippen molar-refractivity contribution in [3.63, 3.8) is 0 Å². The summed E-state index contributed by atoms with van der Waals surface area (Å²) in [5, 5.41) is 21.1. The minimum Gasteiger partial charge on any atom is -0.550 e. The van der Waals surface area contributed by atoms with E-state index in [9.17, 15) is 19.5 Å². The van der Waals surface area contributed by atoms with E-state index >= 15 is 0 Å². The van der Waals surface area contributed by atoms with Gasteiger partial charge in [0.2, 0.25) is 5.91 Å². The SMILES string of the molecule is CCC[C@H](C(=O)NCCC(=O)[O-])n1nnc2ccccc2c1=O. The van der Waals surface area contributed by atoms with E-state index < -0.39 is 23.5 Å². The van der Waals surface area contributed by atoms with Crippen LogP contribution in [-0.2, 0) is 9.59 Å². The smallest absolute Gasteiger partial charge is 0.278 e. The zero-order valence-electron chi connectivity index (χ0n) is 12.7. The quantitative estimate of drug-likeness (QED) is 0.728. The van der Waals surface area contributed by atoms with Gasteiger partial charge in [0.25, 0.3) is 5.56 Å². The van der Waals surface area contributed by atoms with Crippen molar-refractivity contribution in [2.45, 2.75) is 32.2 Å². The molecule has 8 heteroatoms. The maximum Gasteiger partial charge on any atom is 0.278 e. The highest BCUT2D eigenvalue weighted by atomic mass is 16.4. The number of fused-ring (bicyclic) bond motifs is 1. The van der Waals surface area contributed by atoms with Crippen LogP contribution >= 0.6 is 0 Å². The lowest BCUT2D eigenvalue weighted by Crippen LogP contribution is -2.40. The highest BCUT2D eigenvalue weighted by Gasteiger charge is 2.22. The van der Waals surface area contributed by atoms with Gasteiger partial charge in [0.1, 0.15) is 11.6 Å². The first-order valence-electron chi connectivity index (χ1n) is 7.36. The van der Waals surface area contributed by atoms with Crippen molar-refractivity contribution in [1.82, 2.24) is 20.3 Å². The number of rotatable bonds is 7. The predicted octanol–water partition coefficient (Wildman–Crippen LogP) is -0.611. The van der Waals surface area contributed by atoms with Crippen molar-refractivity contribution in [1.29, 1.82) is 0 Å². The molecule has 0 fully saturated rings. The van der Waals surface area contributed by atoms with Gasteiger partial charge in [-0.2, -0.15) is 4.68 Å². The van der Waals surface area contributed by atoms with Crippen LogP contribution in [0.25, 0.3) is 10.9 Å². The zero-order valence-corrected chi connectivity index (χ0v) is 12.7. The molecule has 1 amide bonds. The summed E-state index contributed by atoms with van der Waals surface area (Å²) in [4.78, 5) is 35.2. The average Bonchev–Trinajstić information content (AvgIpc) is 2.53. The molecule has 0 bridgehead atoms. The summed E-state index contributed by atoms with van der Waals surface area (Å²) < 4.78 is 1.06. The highest BCUT2D eigenvalue weighted by Crippen LogP contribution is 2.12. The Morgan fingerprint density at radius 3 is 2.78 bits per heavy atom. The number of amides is 1. The maximum atomic E-state index is 12.5. The summed E-state index contributed by atoms with van der Waals surface area (Å²) in [5.74, 6) is -1.71. The normalized spacial score (nSPS) is 12.0. The number of nitrogens with one attached hydrogen (secondary N) is 1. The largest absolute Gasteiger partial charge is 0.550 e. The monoisotopic (exact) mass is 317 g/mol. The van der Waals surface area contributed by atoms with Gasteiger partial charge < -0.3 is 15.2 Å². The summed E-state index contributed by atoms with van der Waals surface area (Å²) >= 11 is 0. The Kier molecular flexibility index (Phi) is 5.40. The van der Waals surface area contributed by atoms with Crippen LogP contribution in [0.1, 0.15) is 32.2 Å². The molecule has 23 heavy (non-hydrogen) atoms. The maximum absolute atomic E-state index is 12.5. The Morgan fingerprint density at radius 1 is 1.35 bits per heavy atom. The molecule has 8 nitrogen and oxygen atoms in total. The molecule has 1 aromatic heterocycles. The molecule has 0 saturated heterocycles. The third-order valence-electron chi connectivity index (χ3n) is 3.38. The van der Waals surface area contributed by atoms with Crippen LogP contribution in [0.15, 0.2) is 29.1 Å². The van der Waals surface area contributed by atoms with Gasteiger partial charge in [-0.05, 0) is 18.6 Å². The second-order valence-corrected chi connectivity index (χ2v) is 5.07. The minimum atomic E-state index is -1.25. The second-order valence-electron chi connectivity index (χ2n) is 5.07. The molecule has 2 aromatic rings. The first kappa shape index (κ1) is 16.6. The number of hydrogen-bond acceptors (Lipinski definition) is 6. The van der Waals surface area contributed by atoms with E-state index in [1.807, 2.05) is 6.92 Å². The van der Waals surface area contributed by atoms with E-state index in [4.69, 9.17) is 0 Å². The molecule has 2 rings (SSSR count). The van der Waals surface area contributed by atoms with E-state index in [-0.39, 0.29) is 13.0 Å². The van der Waals surface area contributed by atoms with Crippen LogP contribution < -0.4 is 16.0 Å². The lowest BCUT2D eigenvalue weighted by atomic mass is 10.1. The van der Waals surface area contributed by atoms with Crippen molar-refractivity contribution in [2.24, 2.45) is 0 Å². The standard InChI is InChI=1S/C15H18N4O4/c1-2-5-12(14(22)16-9-8-13(20)21)19-15(23)10-6-3-4-7-11(10)17-18-19/h3-4,6-7,12H,2,5,8-9H2,1H3,(H,16,22)(H,20,21)/p-1/t12-/m1/s1. The molecular formula is C15H17N4O4-. The Labute approximate surface area is 132 Å². The summed E-state index contributed by atoms with van der Waals surface area (Å²) in [7, 11) is 0. The van der Waals surface area contributed by atoms with Gasteiger partial charge in [0, 0.05) is 18.9 Å². The molecule has 0 radical (unpaired) electrons. The average molecular weight is 317 g/mol. The molecule has 1 heterocycles. The topological polar surface area (TPSA) is 117 Å². The van der Waals surface area contributed by atoms with Crippen molar-refractivity contribution in [3.8, 4) is 0 Å². The first-order valence-corrected chi connectivity index (χ1v) is 7.36. The van der Waals surface area contributed by atoms with Crippen LogP contribution in [0.5, 0.6) is 0 Å². The Morgan fingerprint density at radius 2 is 2.09 bits per heavy atom. The van der Waals surface area contributed by atoms with Gasteiger partial charge in [-0.25, -0.2) is 0 Å². The van der Waals surface area contributed by atoms with Gasteiger partial charge >= 0.3 is 0 Å². The van der Waals surface area contributed by atoms with Gasteiger partial charge in [0.05, 0.1) is 5.39 Å². The number of benzene rings is 1. The number of carbonyl (C=O) groups is 2. The molecule has 0 unspecified atom stereocenters. The lowest BCUT2D eigenvalue weighted by Gasteiger charge is -2.17. The summed E-state index contributed by atoms with van der Waals surface area (Å²) in [5.41, 5.74) is 0.0606. The molecule has 0 aliphatic rings. The van der Waals surface area contributed by atoms with E-state index in [1.54, 1.807) is 24.3 Å². The molecule has 0 aliphatic heterocycles. The van der Waals surface area contributed by atoms with Gasteiger partial charge in [0.15, 0.2) is 0 Å². The van der Waals surface area contributed by atoms with Crippen LogP contribution in [0, 0.1) is 0 Å². The molecule has 122 valence electrons. The molecule has 1 atom stereocenters. The molecule has 0 aliphatic carbocycles. The number of hydrogen-bond donors (Lipinski definition) is 1. The third kappa shape index (κ3) is 3.91. The summed E-state index contributed by atoms with van der Waals surface area (Å²) in [6.07, 6.45) is 0.756. The Balaban J connectivity index is 2.30. The van der Waals surface area contributed by atoms with Crippen LogP contribution in [0.3, 0.4) is 0 Å². The van der Waals surface area contributed by atoms with E-state index in [2.05, 4.69) is 15.6 Å². The van der Waals surface area contributed by atoms with Crippen molar-refractivity contribution in [2.75, 3.05) is 6.54 Å². The van der Waals surface area contributed by atoms with Crippen LogP contribution in [0.2, 0.25) is 0 Å². The molecular weight excluding hydrogens is 300 g/mol. The summed E-state index contributed by atoms with van der Waals surface area (Å²) in [6, 6.07) is 5.93. The Hall–Kier alpha value is -2.77. The van der Waals surface area contributed by atoms with Crippen LogP contribution in [0.4, 0.5) is 0 Å². The number of carbonyl (C=O) groups excluding carboxylic acids is 2. The van der Waals surface area contributed by atoms with Gasteiger partial charge in [-0.3, -0.25) is 9.59 Å². The predicted molar refractivity (Wildman–Crippen MR) is 80.4 cm³/mol. The molecule has 0 spiro atoms.